The molecule has 0 saturated carbocycles. The van der Waals surface area contributed by atoms with Crippen LogP contribution in [-0.2, 0) is 4.74 Å². The fourth-order valence-corrected chi connectivity index (χ4v) is 3.22. The Hall–Kier alpha value is -4.93. The highest BCUT2D eigenvalue weighted by Gasteiger charge is 2.32. The van der Waals surface area contributed by atoms with Crippen LogP contribution in [0.2, 0.25) is 0 Å². The Labute approximate surface area is 184 Å². The van der Waals surface area contributed by atoms with E-state index in [2.05, 4.69) is 0 Å². The molecule has 11 nitrogen and oxygen atoms in total. The maximum atomic E-state index is 12.7. The molecule has 0 spiro atoms. The fraction of sp³-hybridized carbons (Fsp3) is 0.0455. The summed E-state index contributed by atoms with van der Waals surface area (Å²) >= 11 is 0. The SMILES string of the molecule is O=C(OC1=Cc2c(O)cc(O)cc2OC1c1cc(O)c(O)c(O)c1)c1cc(O)c(O)c(O)c1. The number of phenols is 8. The minimum Gasteiger partial charge on any atom is -0.508 e. The topological polar surface area (TPSA) is 197 Å². The quantitative estimate of drug-likeness (QED) is 0.213. The van der Waals surface area contributed by atoms with Crippen molar-refractivity contribution in [3.05, 3.63) is 58.8 Å². The van der Waals surface area contributed by atoms with E-state index in [0.29, 0.717) is 0 Å². The highest BCUT2D eigenvalue weighted by atomic mass is 16.6. The highest BCUT2D eigenvalue weighted by molar-refractivity contribution is 5.92. The third kappa shape index (κ3) is 3.78. The molecule has 0 saturated heterocycles. The number of hydrogen-bond acceptors (Lipinski definition) is 11. The molecule has 0 amide bonds. The molecule has 1 aliphatic rings. The zero-order valence-corrected chi connectivity index (χ0v) is 16.4. The number of phenolic OH excluding ortho intramolecular Hbond substituents is 8. The summed E-state index contributed by atoms with van der Waals surface area (Å²) in [6.07, 6.45) is -0.114. The third-order valence-corrected chi connectivity index (χ3v) is 4.81. The summed E-state index contributed by atoms with van der Waals surface area (Å²) in [5, 5.41) is 78.1. The number of aromatic hydroxyl groups is 8. The molecule has 0 aliphatic carbocycles. The third-order valence-electron chi connectivity index (χ3n) is 4.81. The first-order valence-corrected chi connectivity index (χ1v) is 9.21. The molecule has 1 aliphatic heterocycles. The Kier molecular flexibility index (Phi) is 4.93. The Morgan fingerprint density at radius 3 is 1.85 bits per heavy atom. The van der Waals surface area contributed by atoms with Gasteiger partial charge in [-0.15, -0.1) is 0 Å². The summed E-state index contributed by atoms with van der Waals surface area (Å²) in [4.78, 5) is 12.7. The summed E-state index contributed by atoms with van der Waals surface area (Å²) < 4.78 is 11.1. The van der Waals surface area contributed by atoms with Gasteiger partial charge in [0.1, 0.15) is 17.2 Å². The number of hydrogen-bond donors (Lipinski definition) is 8. The van der Waals surface area contributed by atoms with E-state index in [1.807, 2.05) is 0 Å². The first-order chi connectivity index (χ1) is 15.5. The Morgan fingerprint density at radius 2 is 1.27 bits per heavy atom. The normalized spacial score (nSPS) is 14.7. The average molecular weight is 456 g/mol. The van der Waals surface area contributed by atoms with Gasteiger partial charge >= 0.3 is 5.97 Å². The first-order valence-electron chi connectivity index (χ1n) is 9.21. The van der Waals surface area contributed by atoms with Gasteiger partial charge in [-0.1, -0.05) is 0 Å². The zero-order valence-electron chi connectivity index (χ0n) is 16.4. The lowest BCUT2D eigenvalue weighted by atomic mass is 10.0. The van der Waals surface area contributed by atoms with E-state index in [0.717, 1.165) is 30.3 Å². The second kappa shape index (κ2) is 7.64. The summed E-state index contributed by atoms with van der Waals surface area (Å²) in [5.41, 5.74) is -0.290. The Balaban J connectivity index is 1.80. The van der Waals surface area contributed by atoms with E-state index < -0.39 is 52.3 Å². The number of esters is 1. The van der Waals surface area contributed by atoms with Gasteiger partial charge in [-0.2, -0.15) is 0 Å². The lowest BCUT2D eigenvalue weighted by molar-refractivity contribution is 0.0524. The van der Waals surface area contributed by atoms with Gasteiger partial charge in [0.2, 0.25) is 0 Å². The van der Waals surface area contributed by atoms with Gasteiger partial charge in [0.15, 0.2) is 46.4 Å². The Morgan fingerprint density at radius 1 is 0.727 bits per heavy atom. The summed E-state index contributed by atoms with van der Waals surface area (Å²) in [6.45, 7) is 0. The van der Waals surface area contributed by atoms with Gasteiger partial charge in [0.05, 0.1) is 11.1 Å². The predicted octanol–water partition coefficient (Wildman–Crippen LogP) is 2.66. The van der Waals surface area contributed by atoms with Gasteiger partial charge < -0.3 is 50.3 Å². The van der Waals surface area contributed by atoms with E-state index in [-0.39, 0.29) is 33.9 Å². The molecule has 0 radical (unpaired) electrons. The molecular weight excluding hydrogens is 440 g/mol. The van der Waals surface area contributed by atoms with Gasteiger partial charge in [-0.3, -0.25) is 0 Å². The van der Waals surface area contributed by atoms with Crippen molar-refractivity contribution in [2.45, 2.75) is 6.10 Å². The largest absolute Gasteiger partial charge is 0.508 e. The standard InChI is InChI=1S/C22H16O11/c23-10-5-12(24)11-7-18(33-22(31)9-3-15(27)20(30)16(28)4-9)21(32-17(11)6-10)8-1-13(25)19(29)14(26)2-8/h1-7,21,23-30H. The molecule has 11 heteroatoms. The number of fused-ring (bicyclic) bond motifs is 1. The summed E-state index contributed by atoms with van der Waals surface area (Å²) in [6, 6.07) is 5.96. The van der Waals surface area contributed by atoms with Crippen LogP contribution in [-0.4, -0.2) is 46.8 Å². The molecule has 3 aromatic rings. The maximum absolute atomic E-state index is 12.7. The molecule has 33 heavy (non-hydrogen) atoms. The monoisotopic (exact) mass is 456 g/mol. The molecule has 0 aromatic heterocycles. The van der Waals surface area contributed by atoms with E-state index in [4.69, 9.17) is 9.47 Å². The van der Waals surface area contributed by atoms with Gasteiger partial charge in [-0.05, 0) is 30.3 Å². The first kappa shape index (κ1) is 21.3. The van der Waals surface area contributed by atoms with Crippen LogP contribution in [0, 0.1) is 0 Å². The number of benzene rings is 3. The van der Waals surface area contributed by atoms with E-state index in [1.165, 1.54) is 12.1 Å². The second-order valence-corrected chi connectivity index (χ2v) is 7.08. The van der Waals surface area contributed by atoms with E-state index in [1.54, 1.807) is 0 Å². The number of carbonyl (C=O) groups is 1. The minimum absolute atomic E-state index is 0.0201. The Bertz CT molecular complexity index is 1280. The van der Waals surface area contributed by atoms with Crippen LogP contribution < -0.4 is 4.74 Å². The highest BCUT2D eigenvalue weighted by Crippen LogP contribution is 2.46. The van der Waals surface area contributed by atoms with Crippen molar-refractivity contribution in [2.75, 3.05) is 0 Å². The van der Waals surface area contributed by atoms with E-state index in [9.17, 15) is 45.6 Å². The van der Waals surface area contributed by atoms with Gasteiger partial charge in [0, 0.05) is 17.7 Å². The predicted molar refractivity (Wildman–Crippen MR) is 109 cm³/mol. The van der Waals surface area contributed by atoms with E-state index >= 15 is 0 Å². The molecular formula is C22H16O11. The molecule has 1 atom stereocenters. The van der Waals surface area contributed by atoms with Crippen LogP contribution in [0.15, 0.2) is 42.2 Å². The van der Waals surface area contributed by atoms with Crippen molar-refractivity contribution in [1.82, 2.24) is 0 Å². The van der Waals surface area contributed by atoms with Crippen LogP contribution in [0.25, 0.3) is 6.08 Å². The van der Waals surface area contributed by atoms with Crippen molar-refractivity contribution >= 4 is 12.0 Å². The lowest BCUT2D eigenvalue weighted by Gasteiger charge is -2.27. The van der Waals surface area contributed by atoms with Crippen molar-refractivity contribution in [1.29, 1.82) is 0 Å². The smallest absolute Gasteiger partial charge is 0.343 e. The van der Waals surface area contributed by atoms with Crippen molar-refractivity contribution in [2.24, 2.45) is 0 Å². The number of ether oxygens (including phenoxy) is 2. The van der Waals surface area contributed by atoms with Crippen LogP contribution in [0.3, 0.4) is 0 Å². The van der Waals surface area contributed by atoms with Crippen LogP contribution in [0.1, 0.15) is 27.6 Å². The zero-order chi connectivity index (χ0) is 24.0. The molecule has 0 bridgehead atoms. The molecule has 170 valence electrons. The average Bonchev–Trinajstić information content (AvgIpc) is 2.75. The molecule has 8 N–H and O–H groups in total. The summed E-state index contributed by atoms with van der Waals surface area (Å²) in [5.74, 6) is -6.70. The maximum Gasteiger partial charge on any atom is 0.343 e. The minimum atomic E-state index is -1.32. The molecule has 0 fully saturated rings. The van der Waals surface area contributed by atoms with Gasteiger partial charge in [-0.25, -0.2) is 4.79 Å². The van der Waals surface area contributed by atoms with Gasteiger partial charge in [0.25, 0.3) is 0 Å². The second-order valence-electron chi connectivity index (χ2n) is 7.08. The summed E-state index contributed by atoms with van der Waals surface area (Å²) in [7, 11) is 0. The molecule has 1 unspecified atom stereocenters. The lowest BCUT2D eigenvalue weighted by Crippen LogP contribution is -2.19. The molecule has 1 heterocycles. The molecule has 4 rings (SSSR count). The van der Waals surface area contributed by atoms with Crippen molar-refractivity contribution in [3.8, 4) is 51.7 Å². The molecule has 3 aromatic carbocycles. The van der Waals surface area contributed by atoms with Crippen LogP contribution >= 0.6 is 0 Å². The van der Waals surface area contributed by atoms with Crippen LogP contribution in [0.5, 0.6) is 51.7 Å². The van der Waals surface area contributed by atoms with Crippen molar-refractivity contribution in [3.63, 3.8) is 0 Å². The van der Waals surface area contributed by atoms with Crippen molar-refractivity contribution < 1.29 is 55.1 Å². The number of carbonyl (C=O) groups excluding carboxylic acids is 1. The van der Waals surface area contributed by atoms with Crippen LogP contribution in [0.4, 0.5) is 0 Å². The number of rotatable bonds is 3. The fourth-order valence-electron chi connectivity index (χ4n) is 3.22.